The van der Waals surface area contributed by atoms with Crippen LogP contribution in [0, 0.1) is 13.8 Å². The number of carbonyl (C=O) groups is 2. The molecule has 0 aromatic heterocycles. The van der Waals surface area contributed by atoms with Gasteiger partial charge in [0.25, 0.3) is 10.0 Å². The van der Waals surface area contributed by atoms with Crippen LogP contribution in [0.4, 0.5) is 5.69 Å². The predicted molar refractivity (Wildman–Crippen MR) is 158 cm³/mol. The molecule has 1 unspecified atom stereocenters. The summed E-state index contributed by atoms with van der Waals surface area (Å²) in [7, 11) is -2.52. The molecule has 0 fully saturated rings. The van der Waals surface area contributed by atoms with Crippen molar-refractivity contribution < 1.29 is 22.7 Å². The molecular formula is C31H39N3O5S. The Kier molecular flexibility index (Phi) is 10.7. The number of hydrogen-bond donors (Lipinski definition) is 1. The van der Waals surface area contributed by atoms with Gasteiger partial charge in [-0.1, -0.05) is 50.2 Å². The van der Waals surface area contributed by atoms with E-state index >= 15 is 0 Å². The quantitative estimate of drug-likeness (QED) is 0.320. The maximum atomic E-state index is 14.1. The number of methoxy groups -OCH3 is 1. The zero-order valence-corrected chi connectivity index (χ0v) is 24.7. The minimum atomic E-state index is -4.09. The third kappa shape index (κ3) is 7.41. The van der Waals surface area contributed by atoms with E-state index in [-0.39, 0.29) is 17.3 Å². The van der Waals surface area contributed by atoms with Gasteiger partial charge in [-0.05, 0) is 79.8 Å². The molecule has 1 N–H and O–H groups in total. The molecule has 0 aliphatic heterocycles. The van der Waals surface area contributed by atoms with Crippen LogP contribution in [-0.2, 0) is 26.2 Å². The molecule has 2 amide bonds. The average molecular weight is 566 g/mol. The van der Waals surface area contributed by atoms with Gasteiger partial charge in [0.1, 0.15) is 18.3 Å². The fourth-order valence-corrected chi connectivity index (χ4v) is 5.77. The second-order valence-corrected chi connectivity index (χ2v) is 11.5. The molecule has 3 rings (SSSR count). The number of aryl methyl sites for hydroxylation is 2. The fraction of sp³-hybridized carbons (Fsp3) is 0.355. The molecule has 40 heavy (non-hydrogen) atoms. The van der Waals surface area contributed by atoms with Crippen LogP contribution in [-0.4, -0.2) is 51.4 Å². The first kappa shape index (κ1) is 30.7. The Morgan fingerprint density at radius 2 is 1.60 bits per heavy atom. The summed E-state index contributed by atoms with van der Waals surface area (Å²) < 4.78 is 34.2. The summed E-state index contributed by atoms with van der Waals surface area (Å²) in [5.41, 5.74) is 3.08. The first-order valence-electron chi connectivity index (χ1n) is 13.5. The van der Waals surface area contributed by atoms with Gasteiger partial charge < -0.3 is 15.0 Å². The largest absolute Gasteiger partial charge is 0.497 e. The molecule has 8 nitrogen and oxygen atoms in total. The molecule has 1 atom stereocenters. The molecule has 0 heterocycles. The van der Waals surface area contributed by atoms with Crippen LogP contribution < -0.4 is 14.4 Å². The van der Waals surface area contributed by atoms with E-state index in [0.717, 1.165) is 27.4 Å². The molecule has 0 aliphatic carbocycles. The first-order valence-corrected chi connectivity index (χ1v) is 14.9. The minimum Gasteiger partial charge on any atom is -0.497 e. The molecular weight excluding hydrogens is 526 g/mol. The molecule has 0 saturated heterocycles. The number of benzene rings is 3. The van der Waals surface area contributed by atoms with Gasteiger partial charge in [0.15, 0.2) is 0 Å². The van der Waals surface area contributed by atoms with Crippen molar-refractivity contribution in [1.82, 2.24) is 10.2 Å². The average Bonchev–Trinajstić information content (AvgIpc) is 2.96. The van der Waals surface area contributed by atoms with Crippen molar-refractivity contribution in [3.05, 3.63) is 89.5 Å². The number of ether oxygens (including phenoxy) is 1. The number of rotatable bonds is 13. The maximum Gasteiger partial charge on any atom is 0.264 e. The molecule has 0 spiro atoms. The van der Waals surface area contributed by atoms with Gasteiger partial charge >= 0.3 is 0 Å². The van der Waals surface area contributed by atoms with E-state index in [1.165, 1.54) is 17.0 Å². The summed E-state index contributed by atoms with van der Waals surface area (Å²) in [6.07, 6.45) is 1.12. The van der Waals surface area contributed by atoms with E-state index < -0.39 is 28.5 Å². The molecule has 214 valence electrons. The summed E-state index contributed by atoms with van der Waals surface area (Å²) in [5, 5.41) is 2.89. The molecule has 3 aromatic rings. The Bertz CT molecular complexity index is 1390. The SMILES string of the molecule is CCCNC(=O)C(CC)N(Cc1ccc(OC)cc1)C(=O)CN(c1ccc(C)c(C)c1)S(=O)(=O)c1ccccc1. The smallest absolute Gasteiger partial charge is 0.264 e. The first-order chi connectivity index (χ1) is 19.1. The second kappa shape index (κ2) is 14.0. The highest BCUT2D eigenvalue weighted by Crippen LogP contribution is 2.27. The summed E-state index contributed by atoms with van der Waals surface area (Å²) >= 11 is 0. The Morgan fingerprint density at radius 3 is 2.17 bits per heavy atom. The molecule has 0 saturated carbocycles. The Labute approximate surface area is 238 Å². The van der Waals surface area contributed by atoms with Crippen molar-refractivity contribution in [2.24, 2.45) is 0 Å². The van der Waals surface area contributed by atoms with Gasteiger partial charge in [0.05, 0.1) is 17.7 Å². The minimum absolute atomic E-state index is 0.0791. The van der Waals surface area contributed by atoms with Crippen LogP contribution in [0.5, 0.6) is 5.75 Å². The maximum absolute atomic E-state index is 14.1. The van der Waals surface area contributed by atoms with E-state index in [1.807, 2.05) is 45.9 Å². The summed E-state index contributed by atoms with van der Waals surface area (Å²) in [5.74, 6) is -0.0777. The Morgan fingerprint density at radius 1 is 0.925 bits per heavy atom. The highest BCUT2D eigenvalue weighted by molar-refractivity contribution is 7.92. The topological polar surface area (TPSA) is 96.0 Å². The molecule has 9 heteroatoms. The van der Waals surface area contributed by atoms with Crippen LogP contribution >= 0.6 is 0 Å². The van der Waals surface area contributed by atoms with E-state index in [9.17, 15) is 18.0 Å². The van der Waals surface area contributed by atoms with E-state index in [2.05, 4.69) is 5.32 Å². The Hall–Kier alpha value is -3.85. The fourth-order valence-electron chi connectivity index (χ4n) is 4.34. The third-order valence-corrected chi connectivity index (χ3v) is 8.62. The van der Waals surface area contributed by atoms with Gasteiger partial charge in [0.2, 0.25) is 11.8 Å². The van der Waals surface area contributed by atoms with Crippen molar-refractivity contribution in [3.8, 4) is 5.75 Å². The highest BCUT2D eigenvalue weighted by atomic mass is 32.2. The standard InChI is InChI=1S/C31H39N3O5S/c1-6-19-32-31(36)29(7-2)33(21-25-14-17-27(39-5)18-15-25)30(35)22-34(26-16-13-23(3)24(4)20-26)40(37,38)28-11-9-8-10-12-28/h8-18,20,29H,6-7,19,21-22H2,1-5H3,(H,32,36). The van der Waals surface area contributed by atoms with Crippen LogP contribution in [0.1, 0.15) is 43.4 Å². The molecule has 0 aliphatic rings. The van der Waals surface area contributed by atoms with Crippen LogP contribution in [0.25, 0.3) is 0 Å². The van der Waals surface area contributed by atoms with E-state index in [1.54, 1.807) is 49.6 Å². The van der Waals surface area contributed by atoms with Crippen molar-refractivity contribution in [3.63, 3.8) is 0 Å². The van der Waals surface area contributed by atoms with Crippen molar-refractivity contribution >= 4 is 27.5 Å². The van der Waals surface area contributed by atoms with Crippen molar-refractivity contribution in [2.75, 3.05) is 24.5 Å². The zero-order chi connectivity index (χ0) is 29.3. The third-order valence-electron chi connectivity index (χ3n) is 6.84. The van der Waals surface area contributed by atoms with Crippen LogP contribution in [0.2, 0.25) is 0 Å². The molecule has 0 radical (unpaired) electrons. The van der Waals surface area contributed by atoms with Crippen molar-refractivity contribution in [1.29, 1.82) is 0 Å². The lowest BCUT2D eigenvalue weighted by molar-refractivity contribution is -0.140. The second-order valence-electron chi connectivity index (χ2n) is 9.68. The predicted octanol–water partition coefficient (Wildman–Crippen LogP) is 4.84. The summed E-state index contributed by atoms with van der Waals surface area (Å²) in [4.78, 5) is 28.8. The number of carbonyl (C=O) groups excluding carboxylic acids is 2. The van der Waals surface area contributed by atoms with Crippen LogP contribution in [0.3, 0.4) is 0 Å². The number of anilines is 1. The lowest BCUT2D eigenvalue weighted by Crippen LogP contribution is -2.52. The van der Waals surface area contributed by atoms with E-state index in [0.29, 0.717) is 24.4 Å². The highest BCUT2D eigenvalue weighted by Gasteiger charge is 2.33. The lowest BCUT2D eigenvalue weighted by atomic mass is 10.1. The normalized spacial score (nSPS) is 11.9. The number of nitrogens with one attached hydrogen (secondary N) is 1. The van der Waals surface area contributed by atoms with E-state index in [4.69, 9.17) is 4.74 Å². The lowest BCUT2D eigenvalue weighted by Gasteiger charge is -2.33. The monoisotopic (exact) mass is 565 g/mol. The van der Waals surface area contributed by atoms with Gasteiger partial charge in [-0.15, -0.1) is 0 Å². The molecule has 0 bridgehead atoms. The number of hydrogen-bond acceptors (Lipinski definition) is 5. The van der Waals surface area contributed by atoms with Gasteiger partial charge in [-0.25, -0.2) is 8.42 Å². The Balaban J connectivity index is 2.05. The summed E-state index contributed by atoms with van der Waals surface area (Å²) in [6, 6.07) is 19.8. The zero-order valence-electron chi connectivity index (χ0n) is 23.9. The van der Waals surface area contributed by atoms with Gasteiger partial charge in [0, 0.05) is 13.1 Å². The van der Waals surface area contributed by atoms with Crippen molar-refractivity contribution in [2.45, 2.75) is 58.0 Å². The number of nitrogens with zero attached hydrogens (tertiary/aromatic N) is 2. The van der Waals surface area contributed by atoms with Crippen LogP contribution in [0.15, 0.2) is 77.7 Å². The van der Waals surface area contributed by atoms with Gasteiger partial charge in [-0.3, -0.25) is 13.9 Å². The number of amides is 2. The van der Waals surface area contributed by atoms with Gasteiger partial charge in [-0.2, -0.15) is 0 Å². The summed E-state index contributed by atoms with van der Waals surface area (Å²) in [6.45, 7) is 7.79. The molecule has 3 aromatic carbocycles. The number of sulfonamides is 1.